The van der Waals surface area contributed by atoms with Gasteiger partial charge in [-0.25, -0.2) is 9.18 Å². The standard InChI is InChI=1S/C11H15FN2O5.CH4O3S.H2O/c1-3(13)8(15)14-11(10(18)19)2-4(12)5-6(7(5)11)9(16)17;1-5(2,3)4;/h3-7H,2,13H2,1H3,(H,14,15)(H,16,17)(H,18,19);1H3,(H,2,3,4);1H2/t3-,4-,5+,6+,7+,11+;;/m1../s1. The Morgan fingerprint density at radius 3 is 2.04 bits per heavy atom. The van der Waals surface area contributed by atoms with Crippen molar-refractivity contribution in [1.82, 2.24) is 5.32 Å². The minimum absolute atomic E-state index is 0. The second kappa shape index (κ2) is 7.59. The number of hydrogen-bond acceptors (Lipinski definition) is 6. The number of halogens is 1. The molecule has 0 aromatic heterocycles. The van der Waals surface area contributed by atoms with Crippen LogP contribution in [0.2, 0.25) is 0 Å². The summed E-state index contributed by atoms with van der Waals surface area (Å²) in [5, 5.41) is 20.5. The third-order valence-corrected chi connectivity index (χ3v) is 4.01. The molecule has 13 heteroatoms. The number of carboxylic acid groups (broad SMARTS) is 2. The second-order valence-corrected chi connectivity index (χ2v) is 7.44. The fourth-order valence-corrected chi connectivity index (χ4v) is 3.07. The van der Waals surface area contributed by atoms with Crippen molar-refractivity contribution in [2.75, 3.05) is 6.26 Å². The van der Waals surface area contributed by atoms with Crippen molar-refractivity contribution in [3.8, 4) is 0 Å². The lowest BCUT2D eigenvalue weighted by molar-refractivity contribution is -0.150. The van der Waals surface area contributed by atoms with Crippen molar-refractivity contribution in [3.63, 3.8) is 0 Å². The summed E-state index contributed by atoms with van der Waals surface area (Å²) < 4.78 is 39.6. The van der Waals surface area contributed by atoms with E-state index >= 15 is 0 Å². The molecule has 0 heterocycles. The molecule has 0 radical (unpaired) electrons. The molecule has 8 N–H and O–H groups in total. The van der Waals surface area contributed by atoms with E-state index in [-0.39, 0.29) is 5.48 Å². The van der Waals surface area contributed by atoms with Crippen molar-refractivity contribution < 1.29 is 47.4 Å². The van der Waals surface area contributed by atoms with Gasteiger partial charge in [0.25, 0.3) is 10.1 Å². The predicted molar refractivity (Wildman–Crippen MR) is 80.9 cm³/mol. The maximum absolute atomic E-state index is 13.8. The van der Waals surface area contributed by atoms with E-state index in [4.69, 9.17) is 15.4 Å². The highest BCUT2D eigenvalue weighted by molar-refractivity contribution is 7.85. The largest absolute Gasteiger partial charge is 0.481 e. The van der Waals surface area contributed by atoms with Crippen molar-refractivity contribution in [1.29, 1.82) is 0 Å². The van der Waals surface area contributed by atoms with Gasteiger partial charge in [-0.3, -0.25) is 14.1 Å². The number of alkyl halides is 1. The fourth-order valence-electron chi connectivity index (χ4n) is 3.07. The number of aliphatic carboxylic acids is 2. The number of amides is 1. The van der Waals surface area contributed by atoms with E-state index in [1.807, 2.05) is 0 Å². The predicted octanol–water partition coefficient (Wildman–Crippen LogP) is -2.36. The molecule has 2 fully saturated rings. The summed E-state index contributed by atoms with van der Waals surface area (Å²) in [6, 6.07) is -0.949. The maximum Gasteiger partial charge on any atom is 0.329 e. The van der Waals surface area contributed by atoms with E-state index in [1.54, 1.807) is 0 Å². The number of rotatable bonds is 4. The highest BCUT2D eigenvalue weighted by Crippen LogP contribution is 2.63. The zero-order chi connectivity index (χ0) is 19.0. The molecule has 2 saturated carbocycles. The first-order chi connectivity index (χ1) is 10.7. The van der Waals surface area contributed by atoms with Crippen LogP contribution in [-0.2, 0) is 24.5 Å². The zero-order valence-corrected chi connectivity index (χ0v) is 14.2. The quantitative estimate of drug-likeness (QED) is 0.325. The smallest absolute Gasteiger partial charge is 0.329 e. The van der Waals surface area contributed by atoms with Crippen molar-refractivity contribution >= 4 is 28.0 Å². The molecule has 25 heavy (non-hydrogen) atoms. The molecule has 2 rings (SSSR count). The van der Waals surface area contributed by atoms with Crippen LogP contribution in [0.3, 0.4) is 0 Å². The monoisotopic (exact) mass is 388 g/mol. The lowest BCUT2D eigenvalue weighted by atomic mass is 9.89. The van der Waals surface area contributed by atoms with Crippen LogP contribution in [0.15, 0.2) is 0 Å². The van der Waals surface area contributed by atoms with Crippen LogP contribution in [0.5, 0.6) is 0 Å². The van der Waals surface area contributed by atoms with Gasteiger partial charge in [0.1, 0.15) is 11.7 Å². The Kier molecular flexibility index (Phi) is 7.04. The van der Waals surface area contributed by atoms with Gasteiger partial charge >= 0.3 is 11.9 Å². The Bertz CT molecular complexity index is 645. The van der Waals surface area contributed by atoms with Crippen LogP contribution in [-0.4, -0.2) is 70.5 Å². The summed E-state index contributed by atoms with van der Waals surface area (Å²) in [5.41, 5.74) is 3.48. The van der Waals surface area contributed by atoms with Crippen molar-refractivity contribution in [2.24, 2.45) is 23.5 Å². The summed E-state index contributed by atoms with van der Waals surface area (Å²) in [4.78, 5) is 34.0. The molecule has 1 amide bonds. The Balaban J connectivity index is 0.000000848. The van der Waals surface area contributed by atoms with Gasteiger partial charge in [-0.05, 0) is 6.92 Å². The number of fused-ring (bicyclic) bond motifs is 1. The molecule has 11 nitrogen and oxygen atoms in total. The Labute approximate surface area is 142 Å². The topological polar surface area (TPSA) is 216 Å². The van der Waals surface area contributed by atoms with Gasteiger partial charge in [-0.15, -0.1) is 0 Å². The fraction of sp³-hybridized carbons (Fsp3) is 0.750. The molecule has 2 aliphatic carbocycles. The molecule has 0 aromatic rings. The molecule has 0 unspecified atom stereocenters. The summed E-state index contributed by atoms with van der Waals surface area (Å²) in [6.45, 7) is 1.37. The van der Waals surface area contributed by atoms with Crippen molar-refractivity contribution in [2.45, 2.75) is 31.1 Å². The molecule has 0 aromatic carbocycles. The SMILES string of the molecule is CS(=O)(=O)O.C[C@@H](N)C(=O)N[C@@]1(C(=O)O)C[C@@H](F)[C@H]2[C@H](C(=O)O)[C@H]21.O. The minimum atomic E-state index is -3.67. The number of carbonyl (C=O) groups excluding carboxylic acids is 1. The van der Waals surface area contributed by atoms with Crippen molar-refractivity contribution in [3.05, 3.63) is 0 Å². The summed E-state index contributed by atoms with van der Waals surface area (Å²) >= 11 is 0. The molecule has 146 valence electrons. The third-order valence-electron chi connectivity index (χ3n) is 4.01. The molecule has 2 aliphatic rings. The molecule has 0 bridgehead atoms. The average molecular weight is 388 g/mol. The van der Waals surface area contributed by atoms with Crippen LogP contribution in [0.4, 0.5) is 4.39 Å². The van der Waals surface area contributed by atoms with Crippen LogP contribution >= 0.6 is 0 Å². The van der Waals surface area contributed by atoms with E-state index < -0.39 is 69.9 Å². The zero-order valence-electron chi connectivity index (χ0n) is 13.3. The van der Waals surface area contributed by atoms with Crippen LogP contribution < -0.4 is 11.1 Å². The molecule has 6 atom stereocenters. The first-order valence-electron chi connectivity index (χ1n) is 6.82. The Morgan fingerprint density at radius 1 is 1.32 bits per heavy atom. The number of nitrogens with one attached hydrogen (secondary N) is 1. The molecule has 0 aliphatic heterocycles. The molecule has 0 spiro atoms. The van der Waals surface area contributed by atoms with E-state index in [0.29, 0.717) is 6.26 Å². The number of nitrogens with two attached hydrogens (primary N) is 1. The highest BCUT2D eigenvalue weighted by atomic mass is 32.2. The first-order valence-corrected chi connectivity index (χ1v) is 8.67. The number of carboxylic acids is 2. The molecule has 0 saturated heterocycles. The van der Waals surface area contributed by atoms with E-state index in [2.05, 4.69) is 5.32 Å². The normalized spacial score (nSPS) is 33.6. The van der Waals surface area contributed by atoms with Gasteiger partial charge in [-0.2, -0.15) is 8.42 Å². The van der Waals surface area contributed by atoms with Gasteiger partial charge in [0.2, 0.25) is 5.91 Å². The number of carbonyl (C=O) groups is 3. The Hall–Kier alpha value is -1.83. The van der Waals surface area contributed by atoms with Gasteiger partial charge in [0.05, 0.1) is 18.2 Å². The second-order valence-electron chi connectivity index (χ2n) is 5.97. The number of hydrogen-bond donors (Lipinski definition) is 5. The summed E-state index contributed by atoms with van der Waals surface area (Å²) in [7, 11) is -3.67. The van der Waals surface area contributed by atoms with E-state index in [0.717, 1.165) is 0 Å². The van der Waals surface area contributed by atoms with Crippen LogP contribution in [0.25, 0.3) is 0 Å². The van der Waals surface area contributed by atoms with Gasteiger partial charge in [0, 0.05) is 18.3 Å². The minimum Gasteiger partial charge on any atom is -0.481 e. The van der Waals surface area contributed by atoms with E-state index in [1.165, 1.54) is 6.92 Å². The maximum atomic E-state index is 13.8. The summed E-state index contributed by atoms with van der Waals surface area (Å²) in [5.74, 6) is -6.21. The highest BCUT2D eigenvalue weighted by Gasteiger charge is 2.76. The molecular formula is C12H21FN2O9S. The van der Waals surface area contributed by atoms with Gasteiger partial charge in [0.15, 0.2) is 0 Å². The first kappa shape index (κ1) is 23.2. The lowest BCUT2D eigenvalue weighted by Gasteiger charge is -2.29. The Morgan fingerprint density at radius 2 is 1.76 bits per heavy atom. The lowest BCUT2D eigenvalue weighted by Crippen LogP contribution is -2.59. The van der Waals surface area contributed by atoms with Crippen LogP contribution in [0, 0.1) is 17.8 Å². The molecular weight excluding hydrogens is 367 g/mol. The van der Waals surface area contributed by atoms with Crippen LogP contribution in [0.1, 0.15) is 13.3 Å². The average Bonchev–Trinajstić information content (AvgIpc) is 3.04. The third kappa shape index (κ3) is 5.07. The van der Waals surface area contributed by atoms with Gasteiger partial charge < -0.3 is 26.7 Å². The van der Waals surface area contributed by atoms with Gasteiger partial charge in [-0.1, -0.05) is 0 Å². The summed E-state index contributed by atoms with van der Waals surface area (Å²) in [6.07, 6.45) is -1.25. The van der Waals surface area contributed by atoms with E-state index in [9.17, 15) is 32.3 Å².